The van der Waals surface area contributed by atoms with Gasteiger partial charge in [0.1, 0.15) is 5.82 Å². The Bertz CT molecular complexity index is 1080. The van der Waals surface area contributed by atoms with Crippen LogP contribution in [0.2, 0.25) is 0 Å². The molecule has 0 spiro atoms. The smallest absolute Gasteiger partial charge is 0.345 e. The Morgan fingerprint density at radius 3 is 2.81 bits per heavy atom. The average molecular weight is 437 g/mol. The van der Waals surface area contributed by atoms with E-state index in [2.05, 4.69) is 39.9 Å². The van der Waals surface area contributed by atoms with Crippen molar-refractivity contribution in [3.8, 4) is 0 Å². The van der Waals surface area contributed by atoms with Gasteiger partial charge in [-0.1, -0.05) is 24.3 Å². The normalized spacial score (nSPS) is 13.7. The molecule has 0 unspecified atom stereocenters. The zero-order valence-electron chi connectivity index (χ0n) is 18.7. The summed E-state index contributed by atoms with van der Waals surface area (Å²) in [4.78, 5) is 17.2. The summed E-state index contributed by atoms with van der Waals surface area (Å²) in [6.45, 7) is 6.27. The van der Waals surface area contributed by atoms with Gasteiger partial charge in [0.15, 0.2) is 5.96 Å². The molecule has 0 amide bonds. The molecule has 0 saturated carbocycles. The number of hydrogen-bond donors (Lipinski definition) is 2. The Balaban J connectivity index is 1.32. The van der Waals surface area contributed by atoms with Gasteiger partial charge in [-0.15, -0.1) is 0 Å². The minimum atomic E-state index is 0.0223. The molecule has 4 rings (SSSR count). The van der Waals surface area contributed by atoms with Gasteiger partial charge in [0, 0.05) is 45.0 Å². The minimum absolute atomic E-state index is 0.0223. The average Bonchev–Trinajstić information content (AvgIpc) is 3.44. The lowest BCUT2D eigenvalue weighted by Crippen LogP contribution is -2.38. The van der Waals surface area contributed by atoms with E-state index in [-0.39, 0.29) is 5.69 Å². The van der Waals surface area contributed by atoms with Gasteiger partial charge < -0.3 is 10.6 Å². The summed E-state index contributed by atoms with van der Waals surface area (Å²) in [6.07, 6.45) is 7.64. The van der Waals surface area contributed by atoms with Crippen molar-refractivity contribution in [2.75, 3.05) is 13.1 Å². The summed E-state index contributed by atoms with van der Waals surface area (Å²) in [7, 11) is 0. The number of fused-ring (bicyclic) bond motifs is 1. The number of guanidine groups is 1. The summed E-state index contributed by atoms with van der Waals surface area (Å²) in [5.74, 6) is 1.70. The van der Waals surface area contributed by atoms with Crippen molar-refractivity contribution in [3.05, 3.63) is 70.2 Å². The first kappa shape index (κ1) is 21.9. The van der Waals surface area contributed by atoms with Crippen LogP contribution in [0, 0.1) is 0 Å². The number of benzene rings is 1. The highest BCUT2D eigenvalue weighted by atomic mass is 16.2. The topological polar surface area (TPSA) is 94.1 Å². The van der Waals surface area contributed by atoms with Gasteiger partial charge in [-0.25, -0.2) is 14.5 Å². The van der Waals surface area contributed by atoms with Crippen molar-refractivity contribution < 1.29 is 0 Å². The first-order chi connectivity index (χ1) is 15.7. The van der Waals surface area contributed by atoms with Gasteiger partial charge in [-0.2, -0.15) is 10.2 Å². The molecule has 3 heterocycles. The van der Waals surface area contributed by atoms with Gasteiger partial charge in [0.2, 0.25) is 0 Å². The Labute approximate surface area is 188 Å². The van der Waals surface area contributed by atoms with Gasteiger partial charge in [0.25, 0.3) is 0 Å². The highest BCUT2D eigenvalue weighted by Gasteiger charge is 2.16. The van der Waals surface area contributed by atoms with Gasteiger partial charge in [0.05, 0.1) is 13.1 Å². The molecule has 170 valence electrons. The van der Waals surface area contributed by atoms with Crippen LogP contribution in [-0.4, -0.2) is 43.2 Å². The van der Waals surface area contributed by atoms with Crippen LogP contribution in [0.3, 0.4) is 0 Å². The summed E-state index contributed by atoms with van der Waals surface area (Å²) >= 11 is 0. The second kappa shape index (κ2) is 10.8. The summed E-state index contributed by atoms with van der Waals surface area (Å²) in [5, 5.41) is 15.5. The molecule has 0 aliphatic carbocycles. The quantitative estimate of drug-likeness (QED) is 0.303. The minimum Gasteiger partial charge on any atom is -0.357 e. The maximum atomic E-state index is 12.4. The first-order valence-corrected chi connectivity index (χ1v) is 11.5. The Morgan fingerprint density at radius 1 is 1.16 bits per heavy atom. The lowest BCUT2D eigenvalue weighted by molar-refractivity contribution is 0.509. The molecule has 0 radical (unpaired) electrons. The Hall–Kier alpha value is -3.36. The summed E-state index contributed by atoms with van der Waals surface area (Å²) in [5.41, 5.74) is 2.41. The molecular formula is C23H32N8O. The van der Waals surface area contributed by atoms with Crippen molar-refractivity contribution >= 4 is 5.96 Å². The van der Waals surface area contributed by atoms with E-state index in [0.717, 1.165) is 63.6 Å². The number of hydrogen-bond acceptors (Lipinski definition) is 4. The standard InChI is InChI=1S/C23H32N8O/c1-2-24-22(25-12-7-16-31-23(32)30-15-6-5-11-21(30)28-31)26-17-19-9-3-4-10-20(19)18-29-14-8-13-27-29/h3-4,8-10,13-14H,2,5-7,11-12,15-18H2,1H3,(H2,24,25,26). The van der Waals surface area contributed by atoms with Crippen molar-refractivity contribution in [2.45, 2.75) is 58.8 Å². The van der Waals surface area contributed by atoms with E-state index in [9.17, 15) is 4.79 Å². The van der Waals surface area contributed by atoms with Crippen LogP contribution >= 0.6 is 0 Å². The molecule has 0 saturated heterocycles. The van der Waals surface area contributed by atoms with Crippen LogP contribution in [0.25, 0.3) is 0 Å². The predicted molar refractivity (Wildman–Crippen MR) is 125 cm³/mol. The number of aryl methyl sites for hydroxylation is 2. The molecule has 0 fully saturated rings. The van der Waals surface area contributed by atoms with E-state index in [0.29, 0.717) is 13.1 Å². The van der Waals surface area contributed by atoms with Crippen LogP contribution in [-0.2, 0) is 32.6 Å². The fourth-order valence-corrected chi connectivity index (χ4v) is 3.97. The molecule has 2 aromatic heterocycles. The molecule has 9 heteroatoms. The van der Waals surface area contributed by atoms with Crippen LogP contribution in [0.15, 0.2) is 52.5 Å². The van der Waals surface area contributed by atoms with Crippen LogP contribution in [0.4, 0.5) is 0 Å². The molecule has 0 bridgehead atoms. The lowest BCUT2D eigenvalue weighted by atomic mass is 10.1. The van der Waals surface area contributed by atoms with Crippen LogP contribution < -0.4 is 16.3 Å². The molecule has 1 aromatic carbocycles. The maximum Gasteiger partial charge on any atom is 0.345 e. The molecular weight excluding hydrogens is 404 g/mol. The van der Waals surface area contributed by atoms with Gasteiger partial charge in [-0.3, -0.25) is 9.25 Å². The van der Waals surface area contributed by atoms with Crippen molar-refractivity contribution in [2.24, 2.45) is 4.99 Å². The number of rotatable bonds is 9. The third kappa shape index (κ3) is 5.46. The molecule has 32 heavy (non-hydrogen) atoms. The molecule has 3 aromatic rings. The van der Waals surface area contributed by atoms with Crippen molar-refractivity contribution in [3.63, 3.8) is 0 Å². The summed E-state index contributed by atoms with van der Waals surface area (Å²) < 4.78 is 5.35. The largest absolute Gasteiger partial charge is 0.357 e. The fourth-order valence-electron chi connectivity index (χ4n) is 3.97. The first-order valence-electron chi connectivity index (χ1n) is 11.5. The molecule has 9 nitrogen and oxygen atoms in total. The highest BCUT2D eigenvalue weighted by Crippen LogP contribution is 2.12. The number of aromatic nitrogens is 5. The van der Waals surface area contributed by atoms with E-state index in [1.54, 1.807) is 10.9 Å². The van der Waals surface area contributed by atoms with Gasteiger partial charge >= 0.3 is 5.69 Å². The molecule has 1 aliphatic heterocycles. The molecule has 1 aliphatic rings. The van der Waals surface area contributed by atoms with E-state index < -0.39 is 0 Å². The zero-order valence-corrected chi connectivity index (χ0v) is 18.7. The molecule has 0 atom stereocenters. The highest BCUT2D eigenvalue weighted by molar-refractivity contribution is 5.79. The number of nitrogens with one attached hydrogen (secondary N) is 2. The monoisotopic (exact) mass is 436 g/mol. The second-order valence-electron chi connectivity index (χ2n) is 7.98. The predicted octanol–water partition coefficient (Wildman–Crippen LogP) is 1.77. The lowest BCUT2D eigenvalue weighted by Gasteiger charge is -2.12. The third-order valence-electron chi connectivity index (χ3n) is 5.63. The maximum absolute atomic E-state index is 12.4. The van der Waals surface area contributed by atoms with E-state index in [4.69, 9.17) is 4.99 Å². The van der Waals surface area contributed by atoms with Crippen LogP contribution in [0.5, 0.6) is 0 Å². The Kier molecular flexibility index (Phi) is 7.37. The van der Waals surface area contributed by atoms with Crippen molar-refractivity contribution in [1.82, 2.24) is 34.8 Å². The number of nitrogens with zero attached hydrogens (tertiary/aromatic N) is 6. The SMILES string of the molecule is CCNC(=NCc1ccccc1Cn1cccn1)NCCCn1nc2n(c1=O)CCCC2. The van der Waals surface area contributed by atoms with E-state index >= 15 is 0 Å². The third-order valence-corrected chi connectivity index (χ3v) is 5.63. The van der Waals surface area contributed by atoms with Gasteiger partial charge in [-0.05, 0) is 43.4 Å². The van der Waals surface area contributed by atoms with E-state index in [1.165, 1.54) is 11.1 Å². The Morgan fingerprint density at radius 2 is 2.03 bits per heavy atom. The molecule has 2 N–H and O–H groups in total. The van der Waals surface area contributed by atoms with Crippen LogP contribution in [0.1, 0.15) is 43.1 Å². The number of aliphatic imine (C=N–C) groups is 1. The second-order valence-corrected chi connectivity index (χ2v) is 7.98. The van der Waals surface area contributed by atoms with E-state index in [1.807, 2.05) is 33.6 Å². The van der Waals surface area contributed by atoms with Crippen molar-refractivity contribution in [1.29, 1.82) is 0 Å². The summed E-state index contributed by atoms with van der Waals surface area (Å²) in [6, 6.07) is 10.3. The fraction of sp³-hybridized carbons (Fsp3) is 0.478. The zero-order chi connectivity index (χ0) is 22.2.